The van der Waals surface area contributed by atoms with Crippen molar-refractivity contribution in [1.29, 1.82) is 0 Å². The maximum Gasteiger partial charge on any atom is 0.343 e. The molecule has 180 valence electrons. The van der Waals surface area contributed by atoms with Gasteiger partial charge in [-0.2, -0.15) is 13.9 Å². The van der Waals surface area contributed by atoms with E-state index in [0.717, 1.165) is 17.7 Å². The Kier molecular flexibility index (Phi) is 6.81. The summed E-state index contributed by atoms with van der Waals surface area (Å²) >= 11 is 0. The van der Waals surface area contributed by atoms with E-state index in [2.05, 4.69) is 14.9 Å². The van der Waals surface area contributed by atoms with Gasteiger partial charge in [0.1, 0.15) is 5.75 Å². The number of hydrogen-bond acceptors (Lipinski definition) is 4. The number of aromatic amines is 1. The Bertz CT molecular complexity index is 1340. The van der Waals surface area contributed by atoms with Gasteiger partial charge in [-0.15, -0.1) is 0 Å². The average molecular weight is 488 g/mol. The van der Waals surface area contributed by atoms with Gasteiger partial charge in [-0.3, -0.25) is 5.10 Å². The number of benzene rings is 3. The third kappa shape index (κ3) is 4.86. The lowest BCUT2D eigenvalue weighted by molar-refractivity contribution is 0.0716. The molecule has 4 aromatic rings. The van der Waals surface area contributed by atoms with Crippen LogP contribution in [0.1, 0.15) is 23.7 Å². The molecule has 0 bridgehead atoms. The molecule has 0 saturated carbocycles. The van der Waals surface area contributed by atoms with Crippen LogP contribution >= 0.6 is 0 Å². The van der Waals surface area contributed by atoms with Crippen LogP contribution in [0.25, 0.3) is 22.5 Å². The molecule has 10 heteroatoms. The van der Waals surface area contributed by atoms with Gasteiger partial charge in [-0.05, 0) is 54.4 Å². The van der Waals surface area contributed by atoms with E-state index in [-0.39, 0.29) is 5.56 Å². The van der Waals surface area contributed by atoms with Crippen LogP contribution in [0.4, 0.5) is 22.0 Å². The smallest absolute Gasteiger partial charge is 0.343 e. The number of nitrogens with zero attached hydrogens (tertiary/aromatic N) is 1. The van der Waals surface area contributed by atoms with E-state index >= 15 is 0 Å². The third-order valence-corrected chi connectivity index (χ3v) is 5.00. The second-order valence-corrected chi connectivity index (χ2v) is 7.41. The lowest BCUT2D eigenvalue weighted by atomic mass is 10.1. The topological polar surface area (TPSA) is 64.2 Å². The van der Waals surface area contributed by atoms with Crippen molar-refractivity contribution < 1.29 is 36.2 Å². The van der Waals surface area contributed by atoms with E-state index in [1.807, 2.05) is 31.2 Å². The van der Waals surface area contributed by atoms with Gasteiger partial charge in [0.25, 0.3) is 0 Å². The summed E-state index contributed by atoms with van der Waals surface area (Å²) < 4.78 is 77.3. The number of rotatable bonds is 7. The molecule has 0 fully saturated rings. The highest BCUT2D eigenvalue weighted by atomic mass is 19.2. The molecular formula is C25H17F5N2O3. The summed E-state index contributed by atoms with van der Waals surface area (Å²) in [5.41, 5.74) is 2.58. The Morgan fingerprint density at radius 3 is 2.00 bits per heavy atom. The number of carbonyl (C=O) groups is 1. The fourth-order valence-corrected chi connectivity index (χ4v) is 3.17. The maximum absolute atomic E-state index is 13.8. The first kappa shape index (κ1) is 23.9. The number of nitrogens with one attached hydrogen (secondary N) is 1. The quantitative estimate of drug-likeness (QED) is 0.107. The van der Waals surface area contributed by atoms with Gasteiger partial charge in [-0.25, -0.2) is 18.0 Å². The summed E-state index contributed by atoms with van der Waals surface area (Å²) in [6, 6.07) is 14.8. The minimum absolute atomic E-state index is 0.167. The number of carbonyl (C=O) groups excluding carboxylic acids is 1. The van der Waals surface area contributed by atoms with E-state index in [0.29, 0.717) is 23.6 Å². The molecule has 0 spiro atoms. The van der Waals surface area contributed by atoms with E-state index in [1.165, 1.54) is 24.3 Å². The molecule has 0 aliphatic carbocycles. The zero-order chi connectivity index (χ0) is 25.1. The molecule has 0 radical (unpaired) electrons. The molecule has 4 rings (SSSR count). The van der Waals surface area contributed by atoms with Crippen LogP contribution in [-0.4, -0.2) is 22.8 Å². The van der Waals surface area contributed by atoms with Crippen molar-refractivity contribution in [3.63, 3.8) is 0 Å². The van der Waals surface area contributed by atoms with Crippen molar-refractivity contribution in [3.05, 3.63) is 89.2 Å². The SMILES string of the molecule is CCCOc1ccc(-c2cc(-c3ccc(C(=O)Oc4c(F)c(F)c(F)c(F)c4F)cc3)[nH]n2)cc1. The van der Waals surface area contributed by atoms with E-state index in [4.69, 9.17) is 4.74 Å². The zero-order valence-electron chi connectivity index (χ0n) is 18.2. The fraction of sp³-hybridized carbons (Fsp3) is 0.120. The third-order valence-electron chi connectivity index (χ3n) is 5.00. The van der Waals surface area contributed by atoms with Crippen molar-refractivity contribution in [2.24, 2.45) is 0 Å². The number of esters is 1. The van der Waals surface area contributed by atoms with Crippen LogP contribution in [-0.2, 0) is 0 Å². The van der Waals surface area contributed by atoms with Crippen LogP contribution in [0.3, 0.4) is 0 Å². The molecule has 0 saturated heterocycles. The van der Waals surface area contributed by atoms with Crippen molar-refractivity contribution in [2.45, 2.75) is 13.3 Å². The number of halogens is 5. The Balaban J connectivity index is 1.49. The molecule has 0 atom stereocenters. The molecule has 0 aliphatic heterocycles. The van der Waals surface area contributed by atoms with Gasteiger partial charge in [0, 0.05) is 5.56 Å². The molecule has 3 aromatic carbocycles. The number of H-pyrrole nitrogens is 1. The summed E-state index contributed by atoms with van der Waals surface area (Å²) in [4.78, 5) is 12.2. The predicted molar refractivity (Wildman–Crippen MR) is 116 cm³/mol. The first-order valence-corrected chi connectivity index (χ1v) is 10.4. The average Bonchev–Trinajstić information content (AvgIpc) is 3.38. The molecule has 5 nitrogen and oxygen atoms in total. The van der Waals surface area contributed by atoms with Gasteiger partial charge < -0.3 is 9.47 Å². The van der Waals surface area contributed by atoms with Gasteiger partial charge in [0.05, 0.1) is 23.6 Å². The summed E-state index contributed by atoms with van der Waals surface area (Å²) in [6.45, 7) is 2.64. The van der Waals surface area contributed by atoms with Crippen LogP contribution in [0.5, 0.6) is 11.5 Å². The van der Waals surface area contributed by atoms with Crippen LogP contribution in [0.2, 0.25) is 0 Å². The van der Waals surface area contributed by atoms with Gasteiger partial charge in [-0.1, -0.05) is 19.1 Å². The molecular weight excluding hydrogens is 471 g/mol. The maximum atomic E-state index is 13.8. The molecule has 35 heavy (non-hydrogen) atoms. The second-order valence-electron chi connectivity index (χ2n) is 7.41. The number of hydrogen-bond donors (Lipinski definition) is 1. The first-order valence-electron chi connectivity index (χ1n) is 10.4. The number of aromatic nitrogens is 2. The molecule has 0 aliphatic rings. The van der Waals surface area contributed by atoms with Crippen molar-refractivity contribution in [2.75, 3.05) is 6.61 Å². The first-order chi connectivity index (χ1) is 16.8. The van der Waals surface area contributed by atoms with Crippen molar-refractivity contribution >= 4 is 5.97 Å². The standard InChI is InChI=1S/C25H17F5N2O3/c1-2-11-34-16-9-7-14(8-10-16)18-12-17(31-32-18)13-3-5-15(6-4-13)25(33)35-24-22(29)20(27)19(26)21(28)23(24)30/h3-10,12H,2,11H2,1H3,(H,31,32). The predicted octanol–water partition coefficient (Wildman–Crippen LogP) is 6.45. The monoisotopic (exact) mass is 488 g/mol. The lowest BCUT2D eigenvalue weighted by Gasteiger charge is -2.09. The van der Waals surface area contributed by atoms with Crippen LogP contribution in [0, 0.1) is 29.1 Å². The van der Waals surface area contributed by atoms with Gasteiger partial charge in [0.15, 0.2) is 0 Å². The second kappa shape index (κ2) is 9.96. The molecule has 0 unspecified atom stereocenters. The Morgan fingerprint density at radius 1 is 0.829 bits per heavy atom. The minimum Gasteiger partial charge on any atom is -0.494 e. The van der Waals surface area contributed by atoms with Crippen molar-refractivity contribution in [3.8, 4) is 34.0 Å². The van der Waals surface area contributed by atoms with E-state index in [1.54, 1.807) is 6.07 Å². The summed E-state index contributed by atoms with van der Waals surface area (Å²) in [5, 5.41) is 7.14. The Labute approximate surface area is 196 Å². The van der Waals surface area contributed by atoms with E-state index in [9.17, 15) is 26.7 Å². The lowest BCUT2D eigenvalue weighted by Crippen LogP contribution is -2.13. The fourth-order valence-electron chi connectivity index (χ4n) is 3.17. The number of ether oxygens (including phenoxy) is 2. The van der Waals surface area contributed by atoms with Gasteiger partial charge >= 0.3 is 5.97 Å². The molecule has 1 heterocycles. The molecule has 1 N–H and O–H groups in total. The normalized spacial score (nSPS) is 10.9. The highest BCUT2D eigenvalue weighted by molar-refractivity contribution is 5.91. The highest BCUT2D eigenvalue weighted by Gasteiger charge is 2.28. The molecule has 0 amide bonds. The van der Waals surface area contributed by atoms with Crippen LogP contribution in [0.15, 0.2) is 54.6 Å². The Hall–Kier alpha value is -4.21. The highest BCUT2D eigenvalue weighted by Crippen LogP contribution is 2.30. The largest absolute Gasteiger partial charge is 0.494 e. The van der Waals surface area contributed by atoms with Gasteiger partial charge in [0.2, 0.25) is 34.8 Å². The summed E-state index contributed by atoms with van der Waals surface area (Å²) in [6.07, 6.45) is 0.901. The molecule has 1 aromatic heterocycles. The van der Waals surface area contributed by atoms with Crippen LogP contribution < -0.4 is 9.47 Å². The van der Waals surface area contributed by atoms with E-state index < -0.39 is 40.8 Å². The Morgan fingerprint density at radius 2 is 1.40 bits per heavy atom. The summed E-state index contributed by atoms with van der Waals surface area (Å²) in [5.74, 6) is -13.4. The summed E-state index contributed by atoms with van der Waals surface area (Å²) in [7, 11) is 0. The minimum atomic E-state index is -2.34. The zero-order valence-corrected chi connectivity index (χ0v) is 18.2. The van der Waals surface area contributed by atoms with Crippen molar-refractivity contribution in [1.82, 2.24) is 10.2 Å².